The number of hydrogen-bond donors (Lipinski definition) is 1. The number of amides is 1. The summed E-state index contributed by atoms with van der Waals surface area (Å²) in [7, 11) is 0. The second-order valence-electron chi connectivity index (χ2n) is 5.14. The molecule has 1 aromatic heterocycles. The van der Waals surface area contributed by atoms with Crippen LogP contribution in [0.4, 0.5) is 0 Å². The average Bonchev–Trinajstić information content (AvgIpc) is 2.99. The van der Waals surface area contributed by atoms with Gasteiger partial charge in [0.25, 0.3) is 0 Å². The molecule has 0 saturated carbocycles. The molecule has 0 saturated heterocycles. The van der Waals surface area contributed by atoms with E-state index in [9.17, 15) is 4.79 Å². The van der Waals surface area contributed by atoms with Crippen molar-refractivity contribution in [3.63, 3.8) is 0 Å². The van der Waals surface area contributed by atoms with Gasteiger partial charge in [-0.05, 0) is 12.1 Å². The minimum Gasteiger partial charge on any atom is -0.370 e. The molecule has 3 aromatic rings. The monoisotopic (exact) mass is 357 g/mol. The molecule has 1 amide bonds. The van der Waals surface area contributed by atoms with Gasteiger partial charge < -0.3 is 5.73 Å². The summed E-state index contributed by atoms with van der Waals surface area (Å²) in [5, 5.41) is 1.42. The molecule has 3 rings (SSSR count). The molecular formula is C18H16ClN3OS. The van der Waals surface area contributed by atoms with Gasteiger partial charge in [0.05, 0.1) is 22.6 Å². The Morgan fingerprint density at radius 2 is 1.83 bits per heavy atom. The zero-order valence-electron chi connectivity index (χ0n) is 12.9. The number of thioether (sulfide) groups is 1. The molecule has 0 aliphatic carbocycles. The summed E-state index contributed by atoms with van der Waals surface area (Å²) >= 11 is 7.89. The number of benzene rings is 2. The van der Waals surface area contributed by atoms with Crippen LogP contribution in [-0.4, -0.2) is 21.2 Å². The van der Waals surface area contributed by atoms with Gasteiger partial charge in [0, 0.05) is 17.7 Å². The summed E-state index contributed by atoms with van der Waals surface area (Å²) < 4.78 is 2.02. The molecule has 0 aliphatic heterocycles. The van der Waals surface area contributed by atoms with Crippen LogP contribution >= 0.6 is 23.4 Å². The number of carbonyl (C=O) groups is 1. The standard InChI is InChI=1S/C18H16ClN3OS/c19-14-8-4-5-9-15(14)22-16(13-6-2-1-3-7-13)12-21-18(22)24-11-10-17(20)23/h1-9,12H,10-11H2,(H2,20,23). The first kappa shape index (κ1) is 16.6. The number of carbonyl (C=O) groups excluding carboxylic acids is 1. The fraction of sp³-hybridized carbons (Fsp3) is 0.111. The number of nitrogens with zero attached hydrogens (tertiary/aromatic N) is 2. The Morgan fingerprint density at radius 1 is 1.12 bits per heavy atom. The van der Waals surface area contributed by atoms with Crippen LogP contribution in [0.15, 0.2) is 66.0 Å². The summed E-state index contributed by atoms with van der Waals surface area (Å²) in [6.45, 7) is 0. The molecule has 122 valence electrons. The molecule has 6 heteroatoms. The van der Waals surface area contributed by atoms with Crippen LogP contribution in [0.25, 0.3) is 16.9 Å². The highest BCUT2D eigenvalue weighted by atomic mass is 35.5. The molecule has 2 N–H and O–H groups in total. The molecule has 0 aliphatic rings. The summed E-state index contributed by atoms with van der Waals surface area (Å²) in [5.41, 5.74) is 8.08. The van der Waals surface area contributed by atoms with Crippen molar-refractivity contribution < 1.29 is 4.79 Å². The molecule has 4 nitrogen and oxygen atoms in total. The Labute approximate surface area is 149 Å². The van der Waals surface area contributed by atoms with Gasteiger partial charge in [0.1, 0.15) is 0 Å². The van der Waals surface area contributed by atoms with Crippen molar-refractivity contribution in [1.29, 1.82) is 0 Å². The molecular weight excluding hydrogens is 342 g/mol. The average molecular weight is 358 g/mol. The smallest absolute Gasteiger partial charge is 0.218 e. The predicted molar refractivity (Wildman–Crippen MR) is 98.5 cm³/mol. The number of nitrogens with two attached hydrogens (primary N) is 1. The van der Waals surface area contributed by atoms with Crippen molar-refractivity contribution in [3.05, 3.63) is 65.8 Å². The Balaban J connectivity index is 2.06. The van der Waals surface area contributed by atoms with Crippen molar-refractivity contribution in [2.45, 2.75) is 11.6 Å². The molecule has 2 aromatic carbocycles. The van der Waals surface area contributed by atoms with E-state index < -0.39 is 0 Å². The lowest BCUT2D eigenvalue weighted by molar-refractivity contribution is -0.117. The molecule has 0 atom stereocenters. The van der Waals surface area contributed by atoms with Crippen LogP contribution < -0.4 is 5.73 Å². The largest absolute Gasteiger partial charge is 0.370 e. The summed E-state index contributed by atoms with van der Waals surface area (Å²) in [4.78, 5) is 15.5. The second kappa shape index (κ2) is 7.55. The van der Waals surface area contributed by atoms with Crippen LogP contribution in [0.5, 0.6) is 0 Å². The van der Waals surface area contributed by atoms with Crippen molar-refractivity contribution in [3.8, 4) is 16.9 Å². The van der Waals surface area contributed by atoms with Crippen molar-refractivity contribution in [1.82, 2.24) is 9.55 Å². The maximum Gasteiger partial charge on any atom is 0.218 e. The van der Waals surface area contributed by atoms with Gasteiger partial charge in [-0.25, -0.2) is 4.98 Å². The van der Waals surface area contributed by atoms with Gasteiger partial charge in [-0.2, -0.15) is 0 Å². The third-order valence-electron chi connectivity index (χ3n) is 3.47. The van der Waals surface area contributed by atoms with Gasteiger partial charge in [-0.15, -0.1) is 0 Å². The quantitative estimate of drug-likeness (QED) is 0.674. The molecule has 1 heterocycles. The van der Waals surface area contributed by atoms with E-state index in [1.165, 1.54) is 11.8 Å². The molecule has 24 heavy (non-hydrogen) atoms. The summed E-state index contributed by atoms with van der Waals surface area (Å²) in [6, 6.07) is 17.6. The van der Waals surface area contributed by atoms with E-state index in [2.05, 4.69) is 4.98 Å². The minimum absolute atomic E-state index is 0.306. The highest BCUT2D eigenvalue weighted by Crippen LogP contribution is 2.32. The zero-order valence-corrected chi connectivity index (χ0v) is 14.4. The lowest BCUT2D eigenvalue weighted by atomic mass is 10.1. The molecule has 0 radical (unpaired) electrons. The van der Waals surface area contributed by atoms with Gasteiger partial charge in [-0.1, -0.05) is 65.8 Å². The number of rotatable bonds is 6. The predicted octanol–water partition coefficient (Wildman–Crippen LogP) is 4.16. The van der Waals surface area contributed by atoms with Gasteiger partial charge in [0.15, 0.2) is 5.16 Å². The number of primary amides is 1. The maximum absolute atomic E-state index is 11.0. The van der Waals surface area contributed by atoms with Crippen LogP contribution in [0.2, 0.25) is 5.02 Å². The van der Waals surface area contributed by atoms with Crippen molar-refractivity contribution in [2.24, 2.45) is 5.73 Å². The lowest BCUT2D eigenvalue weighted by Gasteiger charge is -2.13. The normalized spacial score (nSPS) is 10.7. The third-order valence-corrected chi connectivity index (χ3v) is 4.75. The van der Waals surface area contributed by atoms with E-state index in [0.717, 1.165) is 22.1 Å². The third kappa shape index (κ3) is 3.63. The topological polar surface area (TPSA) is 60.9 Å². The van der Waals surface area contributed by atoms with E-state index in [1.807, 2.05) is 65.4 Å². The van der Waals surface area contributed by atoms with Gasteiger partial charge in [0.2, 0.25) is 5.91 Å². The first-order valence-corrected chi connectivity index (χ1v) is 8.82. The van der Waals surface area contributed by atoms with Crippen LogP contribution in [0, 0.1) is 0 Å². The first-order chi connectivity index (χ1) is 11.7. The first-order valence-electron chi connectivity index (χ1n) is 7.46. The second-order valence-corrected chi connectivity index (χ2v) is 6.61. The summed E-state index contributed by atoms with van der Waals surface area (Å²) in [6.07, 6.45) is 2.13. The van der Waals surface area contributed by atoms with Crippen molar-refractivity contribution >= 4 is 29.3 Å². The number of para-hydroxylation sites is 1. The van der Waals surface area contributed by atoms with E-state index in [-0.39, 0.29) is 5.91 Å². The Bertz CT molecular complexity index is 848. The highest BCUT2D eigenvalue weighted by Gasteiger charge is 2.16. The Kier molecular flexibility index (Phi) is 5.23. The van der Waals surface area contributed by atoms with Crippen LogP contribution in [0.3, 0.4) is 0 Å². The van der Waals surface area contributed by atoms with Crippen molar-refractivity contribution in [2.75, 3.05) is 5.75 Å². The molecule has 0 unspecified atom stereocenters. The zero-order chi connectivity index (χ0) is 16.9. The number of halogens is 1. The highest BCUT2D eigenvalue weighted by molar-refractivity contribution is 7.99. The van der Waals surface area contributed by atoms with Crippen LogP contribution in [0.1, 0.15) is 6.42 Å². The number of hydrogen-bond acceptors (Lipinski definition) is 3. The van der Waals surface area contributed by atoms with E-state index in [1.54, 1.807) is 0 Å². The fourth-order valence-electron chi connectivity index (χ4n) is 2.36. The van der Waals surface area contributed by atoms with Crippen LogP contribution in [-0.2, 0) is 4.79 Å². The van der Waals surface area contributed by atoms with Gasteiger partial charge in [-0.3, -0.25) is 9.36 Å². The van der Waals surface area contributed by atoms with E-state index >= 15 is 0 Å². The van der Waals surface area contributed by atoms with E-state index in [0.29, 0.717) is 17.2 Å². The molecule has 0 fully saturated rings. The summed E-state index contributed by atoms with van der Waals surface area (Å²) in [5.74, 6) is 0.257. The Hall–Kier alpha value is -2.24. The van der Waals surface area contributed by atoms with Gasteiger partial charge >= 0.3 is 0 Å². The van der Waals surface area contributed by atoms with E-state index in [4.69, 9.17) is 17.3 Å². The Morgan fingerprint density at radius 3 is 2.54 bits per heavy atom. The molecule has 0 spiro atoms. The fourth-order valence-corrected chi connectivity index (χ4v) is 3.52. The minimum atomic E-state index is -0.318. The SMILES string of the molecule is NC(=O)CCSc1ncc(-c2ccccc2)n1-c1ccccc1Cl. The number of imidazole rings is 1. The number of aromatic nitrogens is 2. The maximum atomic E-state index is 11.0. The molecule has 0 bridgehead atoms. The lowest BCUT2D eigenvalue weighted by Crippen LogP contribution is -2.11.